The van der Waals surface area contributed by atoms with Crippen molar-refractivity contribution in [2.24, 2.45) is 0 Å². The highest BCUT2D eigenvalue weighted by atomic mass is 32.2. The summed E-state index contributed by atoms with van der Waals surface area (Å²) in [6.45, 7) is 2.05. The van der Waals surface area contributed by atoms with Gasteiger partial charge < -0.3 is 5.32 Å². The van der Waals surface area contributed by atoms with Gasteiger partial charge in [0.05, 0.1) is 6.20 Å². The van der Waals surface area contributed by atoms with Crippen LogP contribution >= 0.6 is 11.8 Å². The van der Waals surface area contributed by atoms with Crippen molar-refractivity contribution in [1.82, 2.24) is 10.2 Å². The molecular formula is C8H10F3N3S. The molecular weight excluding hydrogens is 227 g/mol. The normalized spacial score (nSPS) is 11.5. The van der Waals surface area contributed by atoms with Gasteiger partial charge in [0.1, 0.15) is 5.82 Å². The zero-order valence-electron chi connectivity index (χ0n) is 8.01. The molecule has 1 rings (SSSR count). The lowest BCUT2D eigenvalue weighted by molar-refractivity contribution is -0.0327. The second kappa shape index (κ2) is 5.20. The van der Waals surface area contributed by atoms with Gasteiger partial charge in [-0.05, 0) is 30.3 Å². The molecule has 3 nitrogen and oxygen atoms in total. The average molecular weight is 237 g/mol. The Morgan fingerprint density at radius 1 is 1.47 bits per heavy atom. The molecule has 7 heteroatoms. The number of hydrogen-bond acceptors (Lipinski definition) is 4. The van der Waals surface area contributed by atoms with Crippen molar-refractivity contribution in [2.45, 2.75) is 12.4 Å². The standard InChI is InChI=1S/C8H10F3N3S/c1-6-4-7(14-13-5-6)12-2-3-15-8(9,10)11/h4-5H,2-3H2,1H3,(H,12,14). The van der Waals surface area contributed by atoms with Crippen molar-refractivity contribution in [3.05, 3.63) is 17.8 Å². The number of alkyl halides is 3. The van der Waals surface area contributed by atoms with Gasteiger partial charge in [-0.15, -0.1) is 5.10 Å². The van der Waals surface area contributed by atoms with E-state index >= 15 is 0 Å². The van der Waals surface area contributed by atoms with Crippen LogP contribution in [0.1, 0.15) is 5.56 Å². The molecule has 0 unspecified atom stereocenters. The first-order chi connectivity index (χ1) is 6.97. The number of thioether (sulfide) groups is 1. The smallest absolute Gasteiger partial charge is 0.368 e. The van der Waals surface area contributed by atoms with Gasteiger partial charge >= 0.3 is 5.51 Å². The summed E-state index contributed by atoms with van der Waals surface area (Å²) in [5, 5.41) is 10.2. The Bertz CT molecular complexity index is 316. The van der Waals surface area contributed by atoms with Gasteiger partial charge in [0.15, 0.2) is 0 Å². The quantitative estimate of drug-likeness (QED) is 0.816. The van der Waals surface area contributed by atoms with Crippen LogP contribution in [-0.2, 0) is 0 Å². The highest BCUT2D eigenvalue weighted by Crippen LogP contribution is 2.29. The van der Waals surface area contributed by atoms with Crippen LogP contribution in [0.4, 0.5) is 19.0 Å². The lowest BCUT2D eigenvalue weighted by Crippen LogP contribution is -2.10. The molecule has 0 fully saturated rings. The molecule has 0 spiro atoms. The largest absolute Gasteiger partial charge is 0.441 e. The molecule has 84 valence electrons. The number of hydrogen-bond donors (Lipinski definition) is 1. The third kappa shape index (κ3) is 5.46. The van der Waals surface area contributed by atoms with Gasteiger partial charge in [0.25, 0.3) is 0 Å². The van der Waals surface area contributed by atoms with Gasteiger partial charge in [-0.2, -0.15) is 18.3 Å². The van der Waals surface area contributed by atoms with Crippen molar-refractivity contribution in [2.75, 3.05) is 17.6 Å². The molecule has 0 aliphatic rings. The molecule has 1 heterocycles. The molecule has 0 atom stereocenters. The maximum absolute atomic E-state index is 11.8. The maximum Gasteiger partial charge on any atom is 0.441 e. The van der Waals surface area contributed by atoms with E-state index in [1.165, 1.54) is 0 Å². The fourth-order valence-corrected chi connectivity index (χ4v) is 1.33. The maximum atomic E-state index is 11.8. The first-order valence-electron chi connectivity index (χ1n) is 4.21. The van der Waals surface area contributed by atoms with E-state index in [9.17, 15) is 13.2 Å². The zero-order chi connectivity index (χ0) is 11.3. The summed E-state index contributed by atoms with van der Waals surface area (Å²) < 4.78 is 35.3. The van der Waals surface area contributed by atoms with E-state index in [2.05, 4.69) is 15.5 Å². The molecule has 0 saturated carbocycles. The van der Waals surface area contributed by atoms with E-state index in [4.69, 9.17) is 0 Å². The van der Waals surface area contributed by atoms with Crippen LogP contribution in [0.5, 0.6) is 0 Å². The first-order valence-corrected chi connectivity index (χ1v) is 5.20. The third-order valence-electron chi connectivity index (χ3n) is 1.47. The Morgan fingerprint density at radius 3 is 2.80 bits per heavy atom. The number of anilines is 1. The highest BCUT2D eigenvalue weighted by Gasteiger charge is 2.27. The van der Waals surface area contributed by atoms with Crippen LogP contribution in [0, 0.1) is 6.92 Å². The lowest BCUT2D eigenvalue weighted by atomic mass is 10.3. The zero-order valence-corrected chi connectivity index (χ0v) is 8.82. The van der Waals surface area contributed by atoms with Crippen LogP contribution in [0.3, 0.4) is 0 Å². The summed E-state index contributed by atoms with van der Waals surface area (Å²) in [7, 11) is 0. The number of aryl methyl sites for hydroxylation is 1. The minimum absolute atomic E-state index is 0.0425. The van der Waals surface area contributed by atoms with Gasteiger partial charge in [-0.25, -0.2) is 0 Å². The summed E-state index contributed by atoms with van der Waals surface area (Å²) in [6, 6.07) is 1.73. The van der Waals surface area contributed by atoms with Crippen molar-refractivity contribution >= 4 is 17.6 Å². The molecule has 0 aromatic carbocycles. The first kappa shape index (κ1) is 12.1. The monoisotopic (exact) mass is 237 g/mol. The molecule has 1 aromatic rings. The third-order valence-corrected chi connectivity index (χ3v) is 2.20. The van der Waals surface area contributed by atoms with Crippen LogP contribution in [0.2, 0.25) is 0 Å². The van der Waals surface area contributed by atoms with Crippen LogP contribution in [0.25, 0.3) is 0 Å². The van der Waals surface area contributed by atoms with E-state index < -0.39 is 5.51 Å². The van der Waals surface area contributed by atoms with Gasteiger partial charge in [-0.3, -0.25) is 0 Å². The molecule has 0 saturated heterocycles. The second-order valence-corrected chi connectivity index (χ2v) is 4.00. The van der Waals surface area contributed by atoms with Gasteiger partial charge in [-0.1, -0.05) is 0 Å². The SMILES string of the molecule is Cc1cnnc(NCCSC(F)(F)F)c1. The average Bonchev–Trinajstić information content (AvgIpc) is 2.11. The van der Waals surface area contributed by atoms with E-state index in [1.54, 1.807) is 12.3 Å². The molecule has 0 bridgehead atoms. The second-order valence-electron chi connectivity index (χ2n) is 2.84. The van der Waals surface area contributed by atoms with Crippen molar-refractivity contribution in [3.63, 3.8) is 0 Å². The molecule has 0 aliphatic carbocycles. The predicted molar refractivity (Wildman–Crippen MR) is 53.8 cm³/mol. The molecule has 0 aliphatic heterocycles. The lowest BCUT2D eigenvalue weighted by Gasteiger charge is -2.06. The molecule has 1 aromatic heterocycles. The summed E-state index contributed by atoms with van der Waals surface area (Å²) in [5.41, 5.74) is -3.25. The van der Waals surface area contributed by atoms with Crippen molar-refractivity contribution in [1.29, 1.82) is 0 Å². The molecule has 1 N–H and O–H groups in total. The number of halogens is 3. The molecule has 15 heavy (non-hydrogen) atoms. The summed E-state index contributed by atoms with van der Waals surface area (Å²) in [5.74, 6) is 0.455. The summed E-state index contributed by atoms with van der Waals surface area (Å²) >= 11 is -0.0537. The number of aromatic nitrogens is 2. The number of nitrogens with zero attached hydrogens (tertiary/aromatic N) is 2. The van der Waals surface area contributed by atoms with Crippen LogP contribution in [-0.4, -0.2) is 28.0 Å². The fraction of sp³-hybridized carbons (Fsp3) is 0.500. The molecule has 0 radical (unpaired) electrons. The van der Waals surface area contributed by atoms with Crippen molar-refractivity contribution < 1.29 is 13.2 Å². The minimum atomic E-state index is -4.17. The topological polar surface area (TPSA) is 37.8 Å². The Balaban J connectivity index is 2.26. The molecule has 0 amide bonds. The van der Waals surface area contributed by atoms with E-state index in [-0.39, 0.29) is 24.1 Å². The van der Waals surface area contributed by atoms with E-state index in [0.717, 1.165) is 5.56 Å². The predicted octanol–water partition coefficient (Wildman–Crippen LogP) is 2.45. The van der Waals surface area contributed by atoms with E-state index in [0.29, 0.717) is 5.82 Å². The van der Waals surface area contributed by atoms with Crippen molar-refractivity contribution in [3.8, 4) is 0 Å². The van der Waals surface area contributed by atoms with E-state index in [1.807, 2.05) is 6.92 Å². The number of nitrogens with one attached hydrogen (secondary N) is 1. The Kier molecular flexibility index (Phi) is 4.19. The summed E-state index contributed by atoms with van der Waals surface area (Å²) in [4.78, 5) is 0. The van der Waals surface area contributed by atoms with Gasteiger partial charge in [0.2, 0.25) is 0 Å². The Labute approximate surface area is 89.5 Å². The van der Waals surface area contributed by atoms with Crippen LogP contribution < -0.4 is 5.32 Å². The summed E-state index contributed by atoms with van der Waals surface area (Å²) in [6.07, 6.45) is 1.58. The Hall–Kier alpha value is -0.980. The number of rotatable bonds is 4. The Morgan fingerprint density at radius 2 is 2.20 bits per heavy atom. The minimum Gasteiger partial charge on any atom is -0.368 e. The van der Waals surface area contributed by atoms with Crippen LogP contribution in [0.15, 0.2) is 12.3 Å². The highest BCUT2D eigenvalue weighted by molar-refractivity contribution is 8.00. The van der Waals surface area contributed by atoms with Gasteiger partial charge in [0, 0.05) is 12.3 Å². The fourth-order valence-electron chi connectivity index (χ4n) is 0.896.